The van der Waals surface area contributed by atoms with Crippen LogP contribution in [0.5, 0.6) is 0 Å². The lowest BCUT2D eigenvalue weighted by Gasteiger charge is -2.33. The monoisotopic (exact) mass is 439 g/mol. The zero-order valence-corrected chi connectivity index (χ0v) is 18.8. The Balaban J connectivity index is 1.55. The van der Waals surface area contributed by atoms with Crippen molar-refractivity contribution in [2.75, 3.05) is 31.1 Å². The minimum Gasteiger partial charge on any atom is -0.357 e. The predicted octanol–water partition coefficient (Wildman–Crippen LogP) is 4.05. The van der Waals surface area contributed by atoms with Crippen molar-refractivity contribution in [3.8, 4) is 11.3 Å². The number of rotatable bonds is 7. The van der Waals surface area contributed by atoms with Crippen LogP contribution in [0.25, 0.3) is 17.0 Å². The molecular formula is C24H30ClN5O. The van der Waals surface area contributed by atoms with Gasteiger partial charge in [-0.05, 0) is 49.9 Å². The number of benzene rings is 1. The zero-order valence-electron chi connectivity index (χ0n) is 18.1. The standard InChI is InChI=1S/C24H30ClN5O/c1-2-3-4-10-29-22(28-11-9-18(15-28)19-13-26-14-19)12-23(31)30-16-21(27-24(29)30)17-5-7-20(25)8-6-17/h5-8,12,16,18-19,26H,2-4,9-11,13-15H2,1H3. The normalized spacial score (nSPS) is 19.3. The fourth-order valence-corrected chi connectivity index (χ4v) is 4.99. The molecule has 0 saturated carbocycles. The summed E-state index contributed by atoms with van der Waals surface area (Å²) >= 11 is 6.05. The Morgan fingerprint density at radius 2 is 1.97 bits per heavy atom. The van der Waals surface area contributed by atoms with E-state index in [1.807, 2.05) is 36.5 Å². The largest absolute Gasteiger partial charge is 0.357 e. The van der Waals surface area contributed by atoms with Crippen LogP contribution in [0.15, 0.2) is 41.3 Å². The van der Waals surface area contributed by atoms with Crippen LogP contribution in [-0.4, -0.2) is 40.1 Å². The maximum absolute atomic E-state index is 13.1. The van der Waals surface area contributed by atoms with Gasteiger partial charge in [0.05, 0.1) is 5.69 Å². The summed E-state index contributed by atoms with van der Waals surface area (Å²) in [6.07, 6.45) is 6.46. The summed E-state index contributed by atoms with van der Waals surface area (Å²) in [6, 6.07) is 9.44. The summed E-state index contributed by atoms with van der Waals surface area (Å²) < 4.78 is 3.96. The number of anilines is 1. The van der Waals surface area contributed by atoms with E-state index in [1.54, 1.807) is 4.40 Å². The van der Waals surface area contributed by atoms with Gasteiger partial charge in [-0.2, -0.15) is 0 Å². The average molecular weight is 440 g/mol. The van der Waals surface area contributed by atoms with Gasteiger partial charge in [-0.15, -0.1) is 0 Å². The van der Waals surface area contributed by atoms with Crippen molar-refractivity contribution in [3.63, 3.8) is 0 Å². The number of unbranched alkanes of at least 4 members (excludes halogenated alkanes) is 2. The Morgan fingerprint density at radius 3 is 2.68 bits per heavy atom. The molecule has 2 aromatic heterocycles. The van der Waals surface area contributed by atoms with Crippen molar-refractivity contribution in [1.82, 2.24) is 19.3 Å². The van der Waals surface area contributed by atoms with Crippen LogP contribution in [0.4, 0.5) is 5.82 Å². The number of halogens is 1. The highest BCUT2D eigenvalue weighted by Gasteiger charge is 2.34. The van der Waals surface area contributed by atoms with E-state index in [-0.39, 0.29) is 5.56 Å². The molecule has 2 saturated heterocycles. The molecule has 0 spiro atoms. The highest BCUT2D eigenvalue weighted by Crippen LogP contribution is 2.31. The number of imidazole rings is 1. The minimum atomic E-state index is -0.0155. The van der Waals surface area contributed by atoms with Crippen LogP contribution < -0.4 is 15.8 Å². The second-order valence-corrected chi connectivity index (χ2v) is 9.35. The lowest BCUT2D eigenvalue weighted by Crippen LogP contribution is -2.46. The van der Waals surface area contributed by atoms with Gasteiger partial charge in [-0.1, -0.05) is 43.5 Å². The maximum Gasteiger partial charge on any atom is 0.261 e. The molecule has 164 valence electrons. The molecule has 0 bridgehead atoms. The van der Waals surface area contributed by atoms with Gasteiger partial charge in [0.1, 0.15) is 5.82 Å². The first-order chi connectivity index (χ1) is 15.1. The van der Waals surface area contributed by atoms with E-state index in [2.05, 4.69) is 21.7 Å². The lowest BCUT2D eigenvalue weighted by atomic mass is 9.87. The summed E-state index contributed by atoms with van der Waals surface area (Å²) in [5.74, 6) is 3.24. The van der Waals surface area contributed by atoms with Crippen molar-refractivity contribution < 1.29 is 0 Å². The van der Waals surface area contributed by atoms with Crippen LogP contribution in [-0.2, 0) is 6.54 Å². The third kappa shape index (κ3) is 3.99. The van der Waals surface area contributed by atoms with Crippen molar-refractivity contribution >= 4 is 23.2 Å². The molecule has 31 heavy (non-hydrogen) atoms. The third-order valence-electron chi connectivity index (χ3n) is 6.85. The number of nitrogens with zero attached hydrogens (tertiary/aromatic N) is 4. The first kappa shape index (κ1) is 20.6. The molecule has 5 rings (SSSR count). The molecule has 6 nitrogen and oxygen atoms in total. The zero-order chi connectivity index (χ0) is 21.4. The van der Waals surface area contributed by atoms with Crippen molar-refractivity contribution in [2.24, 2.45) is 11.8 Å². The molecule has 1 unspecified atom stereocenters. The van der Waals surface area contributed by atoms with Gasteiger partial charge in [0.2, 0.25) is 5.78 Å². The summed E-state index contributed by atoms with van der Waals surface area (Å²) in [5, 5.41) is 4.09. The van der Waals surface area contributed by atoms with E-state index < -0.39 is 0 Å². The molecule has 1 atom stereocenters. The van der Waals surface area contributed by atoms with Gasteiger partial charge in [-0.25, -0.2) is 4.98 Å². The third-order valence-corrected chi connectivity index (χ3v) is 7.10. The van der Waals surface area contributed by atoms with Crippen LogP contribution >= 0.6 is 11.6 Å². The van der Waals surface area contributed by atoms with Gasteiger partial charge in [0, 0.05) is 42.5 Å². The van der Waals surface area contributed by atoms with E-state index >= 15 is 0 Å². The van der Waals surface area contributed by atoms with E-state index in [1.165, 1.54) is 12.8 Å². The number of hydrogen-bond donors (Lipinski definition) is 1. The fourth-order valence-electron chi connectivity index (χ4n) is 4.86. The highest BCUT2D eigenvalue weighted by atomic mass is 35.5. The topological polar surface area (TPSA) is 54.6 Å². The second-order valence-electron chi connectivity index (χ2n) is 8.92. The van der Waals surface area contributed by atoms with Gasteiger partial charge < -0.3 is 10.2 Å². The molecule has 4 heterocycles. The second kappa shape index (κ2) is 8.67. The molecule has 1 aromatic carbocycles. The number of aromatic nitrogens is 3. The fraction of sp³-hybridized carbons (Fsp3) is 0.500. The molecule has 2 fully saturated rings. The van der Waals surface area contributed by atoms with E-state index in [4.69, 9.17) is 16.6 Å². The quantitative estimate of drug-likeness (QED) is 0.564. The Hall–Kier alpha value is -2.31. The first-order valence-corrected chi connectivity index (χ1v) is 11.9. The SMILES string of the molecule is CCCCCn1c(N2CCC(C3CNC3)C2)cc(=O)n2cc(-c3ccc(Cl)cc3)nc12. The summed E-state index contributed by atoms with van der Waals surface area (Å²) in [7, 11) is 0. The molecule has 7 heteroatoms. The molecule has 0 aliphatic carbocycles. The Morgan fingerprint density at radius 1 is 1.16 bits per heavy atom. The van der Waals surface area contributed by atoms with Gasteiger partial charge >= 0.3 is 0 Å². The van der Waals surface area contributed by atoms with E-state index in [0.29, 0.717) is 10.9 Å². The molecule has 0 amide bonds. The summed E-state index contributed by atoms with van der Waals surface area (Å²) in [5.41, 5.74) is 1.75. The van der Waals surface area contributed by atoms with E-state index in [9.17, 15) is 4.79 Å². The average Bonchev–Trinajstić information content (AvgIpc) is 3.37. The van der Waals surface area contributed by atoms with Crippen molar-refractivity contribution in [2.45, 2.75) is 39.2 Å². The number of aryl methyl sites for hydroxylation is 1. The minimum absolute atomic E-state index is 0.0155. The van der Waals surface area contributed by atoms with Crippen molar-refractivity contribution in [1.29, 1.82) is 0 Å². The molecule has 1 N–H and O–H groups in total. The number of hydrogen-bond acceptors (Lipinski definition) is 4. The molecule has 3 aromatic rings. The van der Waals surface area contributed by atoms with Crippen LogP contribution in [0.1, 0.15) is 32.6 Å². The first-order valence-electron chi connectivity index (χ1n) is 11.5. The summed E-state index contributed by atoms with van der Waals surface area (Å²) in [6.45, 7) is 7.39. The Bertz CT molecular complexity index is 1120. The van der Waals surface area contributed by atoms with Gasteiger partial charge in [0.25, 0.3) is 5.56 Å². The lowest BCUT2D eigenvalue weighted by molar-refractivity contribution is 0.250. The number of nitrogens with one attached hydrogen (secondary N) is 1. The molecule has 0 radical (unpaired) electrons. The van der Waals surface area contributed by atoms with E-state index in [0.717, 1.165) is 74.3 Å². The van der Waals surface area contributed by atoms with Gasteiger partial charge in [-0.3, -0.25) is 13.8 Å². The van der Waals surface area contributed by atoms with Crippen molar-refractivity contribution in [3.05, 3.63) is 51.9 Å². The molecule has 2 aliphatic heterocycles. The highest BCUT2D eigenvalue weighted by molar-refractivity contribution is 6.30. The maximum atomic E-state index is 13.1. The van der Waals surface area contributed by atoms with Gasteiger partial charge in [0.15, 0.2) is 0 Å². The predicted molar refractivity (Wildman–Crippen MR) is 126 cm³/mol. The molecular weight excluding hydrogens is 410 g/mol. The Labute approximate surface area is 187 Å². The smallest absolute Gasteiger partial charge is 0.261 e. The van der Waals surface area contributed by atoms with Crippen LogP contribution in [0.3, 0.4) is 0 Å². The Kier molecular flexibility index (Phi) is 5.76. The summed E-state index contributed by atoms with van der Waals surface area (Å²) in [4.78, 5) is 20.4. The number of fused-ring (bicyclic) bond motifs is 1. The molecule has 2 aliphatic rings. The van der Waals surface area contributed by atoms with Crippen LogP contribution in [0, 0.1) is 11.8 Å². The van der Waals surface area contributed by atoms with Crippen LogP contribution in [0.2, 0.25) is 5.02 Å².